The third-order valence-corrected chi connectivity index (χ3v) is 12.6. The van der Waals surface area contributed by atoms with Crippen molar-refractivity contribution in [3.8, 4) is 50.2 Å². The Kier molecular flexibility index (Phi) is 9.18. The number of hydrogen-bond donors (Lipinski definition) is 0. The van der Waals surface area contributed by atoms with Crippen LogP contribution in [0.5, 0.6) is 0 Å². The first-order valence-corrected chi connectivity index (χ1v) is 21.8. The highest BCUT2D eigenvalue weighted by molar-refractivity contribution is 6.10. The van der Waals surface area contributed by atoms with Crippen LogP contribution in [0.3, 0.4) is 0 Å². The summed E-state index contributed by atoms with van der Waals surface area (Å²) in [6.07, 6.45) is 0. The molecule has 4 nitrogen and oxygen atoms in total. The Morgan fingerprint density at radius 3 is 1.55 bits per heavy atom. The highest BCUT2D eigenvalue weighted by atomic mass is 16.3. The molecule has 10 aromatic carbocycles. The molecule has 0 saturated heterocycles. The van der Waals surface area contributed by atoms with E-state index in [0.717, 1.165) is 89.1 Å². The van der Waals surface area contributed by atoms with Crippen molar-refractivity contribution >= 4 is 66.5 Å². The fourth-order valence-corrected chi connectivity index (χ4v) is 9.40. The lowest BCUT2D eigenvalue weighted by Gasteiger charge is -2.27. The highest BCUT2D eigenvalue weighted by Crippen LogP contribution is 2.43. The van der Waals surface area contributed by atoms with Crippen molar-refractivity contribution in [2.24, 2.45) is 0 Å². The van der Waals surface area contributed by atoms with E-state index in [4.69, 9.17) is 11.0 Å². The Morgan fingerprint density at radius 1 is 0.338 bits per heavy atom. The van der Waals surface area contributed by atoms with E-state index >= 15 is 0 Å². The predicted octanol–water partition coefficient (Wildman–Crippen LogP) is 17.4. The van der Waals surface area contributed by atoms with Gasteiger partial charge in [0.15, 0.2) is 5.69 Å². The zero-order valence-electron chi connectivity index (χ0n) is 35.3. The van der Waals surface area contributed by atoms with Gasteiger partial charge in [0.25, 0.3) is 0 Å². The monoisotopic (exact) mass is 829 g/mol. The lowest BCUT2D eigenvalue weighted by Crippen LogP contribution is -2.10. The van der Waals surface area contributed by atoms with Gasteiger partial charge in [-0.15, -0.1) is 0 Å². The van der Waals surface area contributed by atoms with Gasteiger partial charge in [0.1, 0.15) is 11.2 Å². The molecule has 0 N–H and O–H groups in total. The molecule has 65 heavy (non-hydrogen) atoms. The van der Waals surface area contributed by atoms with Crippen molar-refractivity contribution in [3.05, 3.63) is 248 Å². The summed E-state index contributed by atoms with van der Waals surface area (Å²) < 4.78 is 8.82. The predicted molar refractivity (Wildman–Crippen MR) is 271 cm³/mol. The van der Waals surface area contributed by atoms with E-state index in [2.05, 4.69) is 215 Å². The van der Waals surface area contributed by atoms with Gasteiger partial charge in [0.2, 0.25) is 0 Å². The molecular weight excluding hydrogens is 791 g/mol. The average molecular weight is 830 g/mol. The van der Waals surface area contributed by atoms with Gasteiger partial charge < -0.3 is 13.9 Å². The Hall–Kier alpha value is -8.91. The van der Waals surface area contributed by atoms with Gasteiger partial charge in [-0.05, 0) is 129 Å². The molecule has 12 rings (SSSR count). The first kappa shape index (κ1) is 37.8. The SMILES string of the molecule is [C-]#[N+]c1ccc(-c2ccc(-n3c4ccccc4c4ccc(-c5cc(-c6ccc7c(c6)oc6ccccc67)cc(N(c6ccccc6)c6ccc(-c7ccccc7)cc6)c5)cc43)cc2)cc1. The Balaban J connectivity index is 1.04. The molecule has 0 bridgehead atoms. The van der Waals surface area contributed by atoms with Gasteiger partial charge in [-0.3, -0.25) is 0 Å². The van der Waals surface area contributed by atoms with Crippen LogP contribution in [0, 0.1) is 6.57 Å². The Bertz CT molecular complexity index is 3750. The molecule has 0 aliphatic carbocycles. The number of nitrogens with zero attached hydrogens (tertiary/aromatic N) is 3. The van der Waals surface area contributed by atoms with Crippen LogP contribution < -0.4 is 4.90 Å². The van der Waals surface area contributed by atoms with E-state index in [1.807, 2.05) is 36.4 Å². The van der Waals surface area contributed by atoms with Crippen LogP contribution in [-0.2, 0) is 0 Å². The molecule has 2 heterocycles. The van der Waals surface area contributed by atoms with Crippen LogP contribution in [0.4, 0.5) is 22.7 Å². The van der Waals surface area contributed by atoms with Crippen LogP contribution >= 0.6 is 0 Å². The maximum atomic E-state index is 7.37. The summed E-state index contributed by atoms with van der Waals surface area (Å²) in [5, 5.41) is 4.62. The molecule has 0 unspecified atom stereocenters. The number of hydrogen-bond acceptors (Lipinski definition) is 2. The van der Waals surface area contributed by atoms with Crippen molar-refractivity contribution in [3.63, 3.8) is 0 Å². The van der Waals surface area contributed by atoms with Crippen LogP contribution in [0.15, 0.2) is 241 Å². The van der Waals surface area contributed by atoms with Crippen LogP contribution in [0.2, 0.25) is 0 Å². The summed E-state index contributed by atoms with van der Waals surface area (Å²) in [4.78, 5) is 5.93. The van der Waals surface area contributed by atoms with Crippen molar-refractivity contribution in [2.75, 3.05) is 4.90 Å². The molecule has 0 atom stereocenters. The van der Waals surface area contributed by atoms with Crippen molar-refractivity contribution in [1.29, 1.82) is 0 Å². The fraction of sp³-hybridized carbons (Fsp3) is 0. The fourth-order valence-electron chi connectivity index (χ4n) is 9.40. The summed E-state index contributed by atoms with van der Waals surface area (Å²) in [5.74, 6) is 0. The van der Waals surface area contributed by atoms with Crippen LogP contribution in [-0.4, -0.2) is 4.57 Å². The van der Waals surface area contributed by atoms with E-state index in [0.29, 0.717) is 5.69 Å². The topological polar surface area (TPSA) is 25.7 Å². The molecular formula is C61H39N3O. The third-order valence-electron chi connectivity index (χ3n) is 12.6. The summed E-state index contributed by atoms with van der Waals surface area (Å²) in [6.45, 7) is 7.37. The second-order valence-corrected chi connectivity index (χ2v) is 16.5. The van der Waals surface area contributed by atoms with Gasteiger partial charge in [-0.1, -0.05) is 152 Å². The molecule has 0 aliphatic heterocycles. The third kappa shape index (κ3) is 6.80. The second kappa shape index (κ2) is 15.8. The largest absolute Gasteiger partial charge is 0.456 e. The molecule has 0 fully saturated rings. The molecule has 0 aliphatic rings. The maximum Gasteiger partial charge on any atom is 0.187 e. The summed E-state index contributed by atoms with van der Waals surface area (Å²) in [5.41, 5.74) is 17.8. The molecule has 0 radical (unpaired) electrons. The molecule has 12 aromatic rings. The van der Waals surface area contributed by atoms with Gasteiger partial charge >= 0.3 is 0 Å². The number of fused-ring (bicyclic) bond motifs is 6. The first-order chi connectivity index (χ1) is 32.1. The number of aromatic nitrogens is 1. The zero-order valence-corrected chi connectivity index (χ0v) is 35.3. The Labute approximate surface area is 376 Å². The van der Waals surface area contributed by atoms with E-state index in [9.17, 15) is 0 Å². The summed E-state index contributed by atoms with van der Waals surface area (Å²) in [7, 11) is 0. The molecule has 2 aromatic heterocycles. The van der Waals surface area contributed by atoms with Crippen LogP contribution in [0.1, 0.15) is 0 Å². The van der Waals surface area contributed by atoms with Gasteiger partial charge in [-0.25, -0.2) is 4.85 Å². The first-order valence-electron chi connectivity index (χ1n) is 21.8. The molecule has 304 valence electrons. The maximum absolute atomic E-state index is 7.37. The van der Waals surface area contributed by atoms with Gasteiger partial charge in [-0.2, -0.15) is 0 Å². The minimum Gasteiger partial charge on any atom is -0.456 e. The van der Waals surface area contributed by atoms with E-state index in [-0.39, 0.29) is 0 Å². The van der Waals surface area contributed by atoms with Crippen molar-refractivity contribution in [2.45, 2.75) is 0 Å². The standard InChI is InChI=1S/C61H39N3O/c1-62-49-28-20-42(21-29-49)44-24-32-52(33-25-44)64-58-18-10-8-16-54(58)55-34-26-45(39-59(55)64)47-36-48(46-27-35-57-56-17-9-11-19-60(56)65-61(57)40-46)38-53(37-47)63(50-14-6-3-7-15-50)51-30-22-43(23-31-51)41-12-4-2-5-13-41/h2-40H. The number of furan rings is 1. The number of benzene rings is 10. The van der Waals surface area contributed by atoms with E-state index < -0.39 is 0 Å². The zero-order chi connectivity index (χ0) is 43.3. The highest BCUT2D eigenvalue weighted by Gasteiger charge is 2.19. The summed E-state index contributed by atoms with van der Waals surface area (Å²) >= 11 is 0. The number of anilines is 3. The summed E-state index contributed by atoms with van der Waals surface area (Å²) in [6, 6.07) is 83.9. The Morgan fingerprint density at radius 2 is 0.846 bits per heavy atom. The molecule has 0 amide bonds. The smallest absolute Gasteiger partial charge is 0.187 e. The number of para-hydroxylation sites is 3. The lowest BCUT2D eigenvalue weighted by molar-refractivity contribution is 0.669. The molecule has 0 saturated carbocycles. The second-order valence-electron chi connectivity index (χ2n) is 16.5. The number of rotatable bonds is 8. The molecule has 4 heteroatoms. The van der Waals surface area contributed by atoms with Crippen molar-refractivity contribution < 1.29 is 4.42 Å². The minimum absolute atomic E-state index is 0.640. The van der Waals surface area contributed by atoms with Gasteiger partial charge in [0, 0.05) is 44.3 Å². The van der Waals surface area contributed by atoms with E-state index in [1.54, 1.807) is 0 Å². The van der Waals surface area contributed by atoms with Crippen molar-refractivity contribution in [1.82, 2.24) is 4.57 Å². The minimum atomic E-state index is 0.640. The quantitative estimate of drug-likeness (QED) is 0.143. The van der Waals surface area contributed by atoms with E-state index in [1.165, 1.54) is 21.9 Å². The molecule has 0 spiro atoms. The van der Waals surface area contributed by atoms with Gasteiger partial charge in [0.05, 0.1) is 17.6 Å². The average Bonchev–Trinajstić information content (AvgIpc) is 3.92. The normalized spacial score (nSPS) is 11.4. The lowest BCUT2D eigenvalue weighted by atomic mass is 9.96. The van der Waals surface area contributed by atoms with Crippen LogP contribution in [0.25, 0.3) is 98.8 Å².